The minimum atomic E-state index is -0.245. The number of methoxy groups -OCH3 is 2. The van der Waals surface area contributed by atoms with Gasteiger partial charge in [-0.2, -0.15) is 5.10 Å². The van der Waals surface area contributed by atoms with Gasteiger partial charge in [-0.25, -0.2) is 5.01 Å². The van der Waals surface area contributed by atoms with E-state index >= 15 is 0 Å². The van der Waals surface area contributed by atoms with Crippen molar-refractivity contribution in [1.82, 2.24) is 5.01 Å². The maximum absolute atomic E-state index is 13.5. The maximum atomic E-state index is 13.5. The van der Waals surface area contributed by atoms with E-state index in [2.05, 4.69) is 6.07 Å². The summed E-state index contributed by atoms with van der Waals surface area (Å²) in [4.78, 5) is 13.5. The zero-order valence-corrected chi connectivity index (χ0v) is 18.4. The van der Waals surface area contributed by atoms with Crippen LogP contribution in [-0.2, 0) is 0 Å². The molecule has 0 saturated carbocycles. The molecule has 31 heavy (non-hydrogen) atoms. The molecule has 1 unspecified atom stereocenters. The van der Waals surface area contributed by atoms with Crippen LogP contribution in [0.15, 0.2) is 71.8 Å². The quantitative estimate of drug-likeness (QED) is 0.520. The van der Waals surface area contributed by atoms with E-state index in [4.69, 9.17) is 26.2 Å². The van der Waals surface area contributed by atoms with Gasteiger partial charge in [0.2, 0.25) is 0 Å². The maximum Gasteiger partial charge on any atom is 0.276 e. The van der Waals surface area contributed by atoms with Crippen molar-refractivity contribution in [3.05, 3.63) is 94.0 Å². The van der Waals surface area contributed by atoms with Gasteiger partial charge >= 0.3 is 0 Å². The highest BCUT2D eigenvalue weighted by Crippen LogP contribution is 2.37. The summed E-state index contributed by atoms with van der Waals surface area (Å²) in [7, 11) is 3.22. The van der Waals surface area contributed by atoms with Crippen LogP contribution in [0.2, 0.25) is 5.02 Å². The molecule has 6 heteroatoms. The van der Waals surface area contributed by atoms with Crippen LogP contribution >= 0.6 is 11.6 Å². The molecule has 0 N–H and O–H groups in total. The Balaban J connectivity index is 1.79. The summed E-state index contributed by atoms with van der Waals surface area (Å²) in [6, 6.07) is 20.5. The summed E-state index contributed by atoms with van der Waals surface area (Å²) in [6.07, 6.45) is 0.558. The molecule has 5 nitrogen and oxygen atoms in total. The Morgan fingerprint density at radius 1 is 1.03 bits per heavy atom. The summed E-state index contributed by atoms with van der Waals surface area (Å²) < 4.78 is 10.9. The lowest BCUT2D eigenvalue weighted by molar-refractivity contribution is 0.0711. The van der Waals surface area contributed by atoms with E-state index in [9.17, 15) is 4.79 Å². The number of nitrogens with zero attached hydrogens (tertiary/aromatic N) is 2. The Labute approximate surface area is 186 Å². The number of ether oxygens (including phenoxy) is 2. The fourth-order valence-electron chi connectivity index (χ4n) is 3.79. The van der Waals surface area contributed by atoms with Gasteiger partial charge in [-0.3, -0.25) is 4.79 Å². The third-order valence-electron chi connectivity index (χ3n) is 5.37. The lowest BCUT2D eigenvalue weighted by atomic mass is 9.96. The highest BCUT2D eigenvalue weighted by molar-refractivity contribution is 6.33. The molecule has 1 amide bonds. The topological polar surface area (TPSA) is 51.1 Å². The zero-order valence-electron chi connectivity index (χ0n) is 17.6. The monoisotopic (exact) mass is 434 g/mol. The molecule has 1 atom stereocenters. The Hall–Kier alpha value is -3.31. The fourth-order valence-corrected chi connectivity index (χ4v) is 4.01. The van der Waals surface area contributed by atoms with Gasteiger partial charge in [0, 0.05) is 18.1 Å². The predicted octanol–water partition coefficient (Wildman–Crippen LogP) is 5.66. The number of aryl methyl sites for hydroxylation is 1. The Morgan fingerprint density at radius 3 is 2.55 bits per heavy atom. The van der Waals surface area contributed by atoms with Crippen LogP contribution in [0, 0.1) is 6.92 Å². The van der Waals surface area contributed by atoms with Crippen LogP contribution < -0.4 is 9.47 Å². The van der Waals surface area contributed by atoms with Gasteiger partial charge in [-0.15, -0.1) is 0 Å². The standard InChI is InChI=1S/C25H23ClN2O3/c1-16-7-6-8-17(13-16)23-15-22(20-12-11-18(30-2)14-24(20)31-3)27-28(23)25(29)19-9-4-5-10-21(19)26/h4-14,23H,15H2,1-3H3. The van der Waals surface area contributed by atoms with Gasteiger partial charge in [0.05, 0.1) is 36.6 Å². The fraction of sp³-hybridized carbons (Fsp3) is 0.200. The zero-order chi connectivity index (χ0) is 22.0. The molecule has 0 saturated heterocycles. The van der Waals surface area contributed by atoms with Gasteiger partial charge in [0.15, 0.2) is 0 Å². The molecule has 0 spiro atoms. The molecule has 0 aromatic heterocycles. The SMILES string of the molecule is COc1ccc(C2=NN(C(=O)c3ccccc3Cl)C(c3cccc(C)c3)C2)c(OC)c1. The van der Waals surface area contributed by atoms with Crippen LogP contribution in [-0.4, -0.2) is 30.8 Å². The summed E-state index contributed by atoms with van der Waals surface area (Å²) >= 11 is 6.32. The molecule has 0 fully saturated rings. The molecule has 1 aliphatic rings. The van der Waals surface area contributed by atoms with Crippen LogP contribution in [0.3, 0.4) is 0 Å². The van der Waals surface area contributed by atoms with Crippen LogP contribution in [0.1, 0.15) is 39.5 Å². The molecular weight excluding hydrogens is 412 g/mol. The van der Waals surface area contributed by atoms with E-state index < -0.39 is 0 Å². The molecule has 1 aliphatic heterocycles. The van der Waals surface area contributed by atoms with Gasteiger partial charge in [0.1, 0.15) is 11.5 Å². The van der Waals surface area contributed by atoms with Gasteiger partial charge in [-0.05, 0) is 36.8 Å². The lowest BCUT2D eigenvalue weighted by Crippen LogP contribution is -2.27. The molecule has 1 heterocycles. The second kappa shape index (κ2) is 8.82. The van der Waals surface area contributed by atoms with Crippen molar-refractivity contribution in [2.75, 3.05) is 14.2 Å². The number of hydrogen-bond acceptors (Lipinski definition) is 4. The predicted molar refractivity (Wildman–Crippen MR) is 122 cm³/mol. The summed E-state index contributed by atoms with van der Waals surface area (Å²) in [5.74, 6) is 1.10. The number of amides is 1. The lowest BCUT2D eigenvalue weighted by Gasteiger charge is -2.22. The molecule has 3 aromatic carbocycles. The molecule has 0 bridgehead atoms. The van der Waals surface area contributed by atoms with Gasteiger partial charge in [-0.1, -0.05) is 53.6 Å². The largest absolute Gasteiger partial charge is 0.497 e. The third kappa shape index (κ3) is 4.14. The molecular formula is C25H23ClN2O3. The van der Waals surface area contributed by atoms with Crippen LogP contribution in [0.4, 0.5) is 0 Å². The normalized spacial score (nSPS) is 15.5. The first-order valence-corrected chi connectivity index (χ1v) is 10.3. The van der Waals surface area contributed by atoms with E-state index in [0.717, 1.165) is 22.4 Å². The first-order chi connectivity index (χ1) is 15.0. The second-order valence-electron chi connectivity index (χ2n) is 7.38. The first-order valence-electron chi connectivity index (χ1n) is 9.96. The molecule has 0 aliphatic carbocycles. The summed E-state index contributed by atoms with van der Waals surface area (Å²) in [5.41, 5.74) is 4.17. The highest BCUT2D eigenvalue weighted by atomic mass is 35.5. The minimum absolute atomic E-state index is 0.236. The number of benzene rings is 3. The summed E-state index contributed by atoms with van der Waals surface area (Å²) in [5, 5.41) is 6.69. The van der Waals surface area contributed by atoms with Crippen molar-refractivity contribution in [3.63, 3.8) is 0 Å². The molecule has 0 radical (unpaired) electrons. The smallest absolute Gasteiger partial charge is 0.276 e. The van der Waals surface area contributed by atoms with Crippen molar-refractivity contribution in [1.29, 1.82) is 0 Å². The van der Waals surface area contributed by atoms with E-state index in [-0.39, 0.29) is 11.9 Å². The van der Waals surface area contributed by atoms with E-state index in [1.54, 1.807) is 38.5 Å². The van der Waals surface area contributed by atoms with Crippen LogP contribution in [0.25, 0.3) is 0 Å². The van der Waals surface area contributed by atoms with Crippen molar-refractivity contribution in [2.24, 2.45) is 5.10 Å². The Morgan fingerprint density at radius 2 is 1.84 bits per heavy atom. The van der Waals surface area contributed by atoms with Gasteiger partial charge < -0.3 is 9.47 Å². The average molecular weight is 435 g/mol. The molecule has 3 aromatic rings. The van der Waals surface area contributed by atoms with Crippen molar-refractivity contribution >= 4 is 23.2 Å². The van der Waals surface area contributed by atoms with E-state index in [0.29, 0.717) is 28.5 Å². The number of hydrazone groups is 1. The highest BCUT2D eigenvalue weighted by Gasteiger charge is 2.35. The number of halogens is 1. The Kier molecular flexibility index (Phi) is 5.96. The first kappa shape index (κ1) is 20.9. The minimum Gasteiger partial charge on any atom is -0.497 e. The summed E-state index contributed by atoms with van der Waals surface area (Å²) in [6.45, 7) is 2.03. The van der Waals surface area contributed by atoms with Crippen molar-refractivity contribution in [2.45, 2.75) is 19.4 Å². The van der Waals surface area contributed by atoms with Crippen molar-refractivity contribution < 1.29 is 14.3 Å². The number of hydrogen-bond donors (Lipinski definition) is 0. The number of carbonyl (C=O) groups excluding carboxylic acids is 1. The Bertz CT molecular complexity index is 1160. The number of carbonyl (C=O) groups is 1. The molecule has 4 rings (SSSR count). The van der Waals surface area contributed by atoms with Crippen molar-refractivity contribution in [3.8, 4) is 11.5 Å². The molecule has 158 valence electrons. The third-order valence-corrected chi connectivity index (χ3v) is 5.70. The second-order valence-corrected chi connectivity index (χ2v) is 7.78. The average Bonchev–Trinajstić information content (AvgIpc) is 3.24. The van der Waals surface area contributed by atoms with Crippen LogP contribution in [0.5, 0.6) is 11.5 Å². The van der Waals surface area contributed by atoms with Gasteiger partial charge in [0.25, 0.3) is 5.91 Å². The number of rotatable bonds is 5. The van der Waals surface area contributed by atoms with E-state index in [1.165, 1.54) is 5.01 Å². The van der Waals surface area contributed by atoms with E-state index in [1.807, 2.05) is 43.3 Å².